The summed E-state index contributed by atoms with van der Waals surface area (Å²) in [6.45, 7) is 11.0. The molecular formula is C19H30NO5PS. The van der Waals surface area contributed by atoms with Crippen LogP contribution < -0.4 is 0 Å². The van der Waals surface area contributed by atoms with Gasteiger partial charge in [0.05, 0.1) is 18.1 Å². The summed E-state index contributed by atoms with van der Waals surface area (Å²) in [5.74, 6) is 0. The molecule has 0 atom stereocenters. The Morgan fingerprint density at radius 3 is 2.19 bits per heavy atom. The number of sulfonamides is 1. The Morgan fingerprint density at radius 1 is 1.19 bits per heavy atom. The molecule has 152 valence electrons. The van der Waals surface area contributed by atoms with Gasteiger partial charge >= 0.3 is 7.60 Å². The molecule has 0 heterocycles. The summed E-state index contributed by atoms with van der Waals surface area (Å²) >= 11 is 0. The van der Waals surface area contributed by atoms with Crippen LogP contribution in [0.4, 0.5) is 0 Å². The molecule has 0 spiro atoms. The van der Waals surface area contributed by atoms with E-state index in [0.717, 1.165) is 9.87 Å². The van der Waals surface area contributed by atoms with E-state index in [1.807, 2.05) is 6.92 Å². The average molecular weight is 415 g/mol. The van der Waals surface area contributed by atoms with E-state index in [-0.39, 0.29) is 30.1 Å². The highest BCUT2D eigenvalue weighted by molar-refractivity contribution is 7.89. The minimum atomic E-state index is -3.93. The summed E-state index contributed by atoms with van der Waals surface area (Å²) in [4.78, 5) is 0.130. The van der Waals surface area contributed by atoms with E-state index in [1.165, 1.54) is 6.08 Å². The lowest BCUT2D eigenvalue weighted by Crippen LogP contribution is -2.32. The molecule has 27 heavy (non-hydrogen) atoms. The van der Waals surface area contributed by atoms with E-state index in [4.69, 9.17) is 9.05 Å². The fraction of sp³-hybridized carbons (Fsp3) is 0.474. The van der Waals surface area contributed by atoms with E-state index in [1.54, 1.807) is 51.1 Å². The third-order valence-corrected chi connectivity index (χ3v) is 7.99. The molecule has 0 aromatic heterocycles. The maximum absolute atomic E-state index is 13.3. The Hall–Kier alpha value is -1.40. The minimum Gasteiger partial charge on any atom is -0.304 e. The molecule has 6 nitrogen and oxygen atoms in total. The number of benzene rings is 1. The topological polar surface area (TPSA) is 72.9 Å². The first-order chi connectivity index (χ1) is 12.8. The van der Waals surface area contributed by atoms with Crippen LogP contribution in [0, 0.1) is 6.92 Å². The van der Waals surface area contributed by atoms with Gasteiger partial charge in [0.25, 0.3) is 10.0 Å². The van der Waals surface area contributed by atoms with Crippen LogP contribution in [0.3, 0.4) is 0 Å². The molecule has 1 aromatic carbocycles. The van der Waals surface area contributed by atoms with Crippen molar-refractivity contribution in [1.82, 2.24) is 4.31 Å². The monoisotopic (exact) mass is 415 g/mol. The summed E-state index contributed by atoms with van der Waals surface area (Å²) < 4.78 is 51.9. The van der Waals surface area contributed by atoms with Crippen molar-refractivity contribution in [3.8, 4) is 0 Å². The van der Waals surface area contributed by atoms with Gasteiger partial charge in [-0.05, 0) is 52.7 Å². The van der Waals surface area contributed by atoms with Crippen molar-refractivity contribution >= 4 is 17.6 Å². The number of unbranched alkanes of at least 4 members (excludes halogenated alkanes) is 1. The Bertz CT molecular complexity index is 777. The van der Waals surface area contributed by atoms with Gasteiger partial charge in [0, 0.05) is 6.54 Å². The van der Waals surface area contributed by atoms with Gasteiger partial charge in [0.2, 0.25) is 0 Å². The molecule has 8 heteroatoms. The molecule has 0 aliphatic heterocycles. The predicted octanol–water partition coefficient (Wildman–Crippen LogP) is 5.08. The molecule has 0 radical (unpaired) electrons. The standard InChI is InChI=1S/C19H30NO5PS/c1-6-10-11-16-20(19(7-2)26(21,24-8-3)25-9-4)27(22,23)18-14-12-17(5)13-15-18/h6-7,12-15H,1,8-11,16H2,2-5H3/b19-7-. The van der Waals surface area contributed by atoms with Gasteiger partial charge in [0.15, 0.2) is 0 Å². The molecular weight excluding hydrogens is 385 g/mol. The van der Waals surface area contributed by atoms with Crippen LogP contribution in [0.15, 0.2) is 53.3 Å². The molecule has 1 aromatic rings. The SMILES string of the molecule is C=CCCCN(/C(=C/C)P(=O)(OCC)OCC)S(=O)(=O)c1ccc(C)cc1. The first-order valence-electron chi connectivity index (χ1n) is 9.03. The van der Waals surface area contributed by atoms with E-state index in [2.05, 4.69) is 6.58 Å². The van der Waals surface area contributed by atoms with Crippen molar-refractivity contribution < 1.29 is 22.0 Å². The molecule has 0 amide bonds. The molecule has 0 fully saturated rings. The Morgan fingerprint density at radius 2 is 1.74 bits per heavy atom. The highest BCUT2D eigenvalue weighted by Crippen LogP contribution is 2.58. The van der Waals surface area contributed by atoms with Gasteiger partial charge in [-0.1, -0.05) is 29.8 Å². The number of allylic oxidation sites excluding steroid dienone is 2. The van der Waals surface area contributed by atoms with Crippen molar-refractivity contribution in [1.29, 1.82) is 0 Å². The maximum Gasteiger partial charge on any atom is 0.377 e. The zero-order valence-electron chi connectivity index (χ0n) is 16.6. The van der Waals surface area contributed by atoms with Crippen LogP contribution in [0.1, 0.15) is 39.2 Å². The van der Waals surface area contributed by atoms with E-state index < -0.39 is 17.6 Å². The molecule has 0 N–H and O–H groups in total. The van der Waals surface area contributed by atoms with Gasteiger partial charge < -0.3 is 9.05 Å². The fourth-order valence-electron chi connectivity index (χ4n) is 2.52. The summed E-state index contributed by atoms with van der Waals surface area (Å²) in [6, 6.07) is 6.55. The van der Waals surface area contributed by atoms with Crippen LogP contribution in [0.5, 0.6) is 0 Å². The van der Waals surface area contributed by atoms with Crippen LogP contribution in [0.2, 0.25) is 0 Å². The zero-order valence-corrected chi connectivity index (χ0v) is 18.3. The van der Waals surface area contributed by atoms with Crippen molar-refractivity contribution in [3.63, 3.8) is 0 Å². The van der Waals surface area contributed by atoms with Gasteiger partial charge in [-0.25, -0.2) is 8.42 Å². The third kappa shape index (κ3) is 6.04. The molecule has 0 saturated heterocycles. The maximum atomic E-state index is 13.3. The number of hydrogen-bond donors (Lipinski definition) is 0. The second-order valence-electron chi connectivity index (χ2n) is 5.80. The summed E-state index contributed by atoms with van der Waals surface area (Å²) in [5.41, 5.74) is 0.989. The minimum absolute atomic E-state index is 0.0378. The largest absolute Gasteiger partial charge is 0.377 e. The van der Waals surface area contributed by atoms with E-state index in [0.29, 0.717) is 12.8 Å². The second-order valence-corrected chi connectivity index (χ2v) is 9.63. The van der Waals surface area contributed by atoms with Crippen molar-refractivity contribution in [2.75, 3.05) is 19.8 Å². The lowest BCUT2D eigenvalue weighted by molar-refractivity contribution is 0.220. The van der Waals surface area contributed by atoms with Gasteiger partial charge in [-0.3, -0.25) is 8.87 Å². The quantitative estimate of drug-likeness (QED) is 0.270. The summed E-state index contributed by atoms with van der Waals surface area (Å²) in [6.07, 6.45) is 4.37. The summed E-state index contributed by atoms with van der Waals surface area (Å²) in [7, 11) is -7.71. The fourth-order valence-corrected chi connectivity index (χ4v) is 6.31. The van der Waals surface area contributed by atoms with Gasteiger partial charge in [0.1, 0.15) is 5.44 Å². The van der Waals surface area contributed by atoms with E-state index in [9.17, 15) is 13.0 Å². The predicted molar refractivity (Wildman–Crippen MR) is 109 cm³/mol. The lowest BCUT2D eigenvalue weighted by atomic mass is 10.2. The Kier molecular flexibility index (Phi) is 9.47. The number of aryl methyl sites for hydroxylation is 1. The molecule has 0 saturated carbocycles. The molecule has 0 unspecified atom stereocenters. The molecule has 0 aliphatic rings. The first-order valence-corrected chi connectivity index (χ1v) is 12.0. The van der Waals surface area contributed by atoms with Crippen molar-refractivity contribution in [2.45, 2.75) is 45.4 Å². The summed E-state index contributed by atoms with van der Waals surface area (Å²) in [5, 5.41) is 0. The highest BCUT2D eigenvalue weighted by atomic mass is 32.2. The highest BCUT2D eigenvalue weighted by Gasteiger charge is 2.39. The Labute approximate surface area is 163 Å². The Balaban J connectivity index is 3.46. The second kappa shape index (κ2) is 10.8. The number of nitrogens with zero attached hydrogens (tertiary/aromatic N) is 1. The van der Waals surface area contributed by atoms with Crippen molar-refractivity contribution in [2.24, 2.45) is 0 Å². The third-order valence-electron chi connectivity index (χ3n) is 3.77. The van der Waals surface area contributed by atoms with Crippen LogP contribution in [0.25, 0.3) is 0 Å². The van der Waals surface area contributed by atoms with Gasteiger partial charge in [-0.2, -0.15) is 0 Å². The first kappa shape index (κ1) is 23.6. The van der Waals surface area contributed by atoms with Crippen LogP contribution in [-0.2, 0) is 23.6 Å². The molecule has 0 bridgehead atoms. The van der Waals surface area contributed by atoms with E-state index >= 15 is 0 Å². The van der Waals surface area contributed by atoms with Gasteiger partial charge in [-0.15, -0.1) is 6.58 Å². The molecule has 1 rings (SSSR count). The lowest BCUT2D eigenvalue weighted by Gasteiger charge is -2.30. The smallest absolute Gasteiger partial charge is 0.304 e. The van der Waals surface area contributed by atoms with Crippen LogP contribution >= 0.6 is 7.60 Å². The number of hydrogen-bond acceptors (Lipinski definition) is 5. The zero-order chi connectivity index (χ0) is 20.5. The molecule has 0 aliphatic carbocycles. The number of rotatable bonds is 12. The van der Waals surface area contributed by atoms with Crippen molar-refractivity contribution in [3.05, 3.63) is 54.0 Å². The normalized spacial score (nSPS) is 12.8. The van der Waals surface area contributed by atoms with Crippen LogP contribution in [-0.4, -0.2) is 32.5 Å². The average Bonchev–Trinajstić information content (AvgIpc) is 2.61.